The number of nitrogen functional groups attached to an aromatic ring is 1. The first-order chi connectivity index (χ1) is 15.4. The highest BCUT2D eigenvalue weighted by Gasteiger charge is 2.23. The molecule has 0 spiro atoms. The van der Waals surface area contributed by atoms with Gasteiger partial charge in [0.05, 0.1) is 12.4 Å². The van der Waals surface area contributed by atoms with E-state index in [9.17, 15) is 14.0 Å². The predicted molar refractivity (Wildman–Crippen MR) is 126 cm³/mol. The number of aromatic nitrogens is 3. The van der Waals surface area contributed by atoms with Gasteiger partial charge in [-0.2, -0.15) is 0 Å². The van der Waals surface area contributed by atoms with Gasteiger partial charge < -0.3 is 15.5 Å². The molecule has 2 aromatic heterocycles. The van der Waals surface area contributed by atoms with Crippen LogP contribution in [-0.4, -0.2) is 57.1 Å². The third kappa shape index (κ3) is 5.18. The Kier molecular flexibility index (Phi) is 8.38. The molecule has 0 bridgehead atoms. The van der Waals surface area contributed by atoms with E-state index in [1.807, 2.05) is 13.8 Å². The van der Waals surface area contributed by atoms with Gasteiger partial charge in [-0.25, -0.2) is 13.9 Å². The molecule has 8 nitrogen and oxygen atoms in total. The first kappa shape index (κ1) is 24.3. The van der Waals surface area contributed by atoms with Crippen LogP contribution in [0.1, 0.15) is 36.0 Å². The Hall–Kier alpha value is -2.31. The zero-order chi connectivity index (χ0) is 23.3. The Morgan fingerprint density at radius 3 is 2.53 bits per heavy atom. The van der Waals surface area contributed by atoms with Crippen LogP contribution in [0.25, 0.3) is 10.1 Å². The number of thioether (sulfide) groups is 2. The van der Waals surface area contributed by atoms with Crippen molar-refractivity contribution in [3.63, 3.8) is 0 Å². The van der Waals surface area contributed by atoms with Gasteiger partial charge in [0.2, 0.25) is 16.2 Å². The summed E-state index contributed by atoms with van der Waals surface area (Å²) in [5.74, 6) is 5.70. The molecule has 0 radical (unpaired) electrons. The van der Waals surface area contributed by atoms with Gasteiger partial charge in [-0.15, -0.1) is 21.5 Å². The van der Waals surface area contributed by atoms with Gasteiger partial charge in [-0.3, -0.25) is 4.79 Å². The van der Waals surface area contributed by atoms with E-state index >= 15 is 0 Å². The van der Waals surface area contributed by atoms with Crippen LogP contribution in [0.15, 0.2) is 28.5 Å². The maximum Gasteiger partial charge on any atom is 0.348 e. The van der Waals surface area contributed by atoms with Crippen LogP contribution in [0.2, 0.25) is 0 Å². The van der Waals surface area contributed by atoms with Crippen molar-refractivity contribution in [2.75, 3.05) is 31.3 Å². The average Bonchev–Trinajstić information content (AvgIpc) is 3.33. The number of esters is 1. The van der Waals surface area contributed by atoms with Gasteiger partial charge in [0.25, 0.3) is 0 Å². The number of thiophene rings is 1. The molecule has 0 saturated heterocycles. The highest BCUT2D eigenvalue weighted by atomic mass is 32.2. The molecular formula is C20H24FN5O3S3. The van der Waals surface area contributed by atoms with Crippen LogP contribution >= 0.6 is 34.9 Å². The zero-order valence-corrected chi connectivity index (χ0v) is 20.4. The first-order valence-electron chi connectivity index (χ1n) is 10.0. The van der Waals surface area contributed by atoms with Crippen molar-refractivity contribution >= 4 is 56.8 Å². The Morgan fingerprint density at radius 1 is 1.19 bits per heavy atom. The second-order valence-corrected chi connectivity index (χ2v) is 9.46. The van der Waals surface area contributed by atoms with Crippen LogP contribution in [-0.2, 0) is 15.3 Å². The number of benzene rings is 1. The monoisotopic (exact) mass is 497 g/mol. The van der Waals surface area contributed by atoms with Crippen LogP contribution < -0.4 is 5.84 Å². The van der Waals surface area contributed by atoms with Gasteiger partial charge in [0.1, 0.15) is 10.7 Å². The number of ether oxygens (including phenoxy) is 1. The van der Waals surface area contributed by atoms with Crippen LogP contribution in [0.5, 0.6) is 0 Å². The fourth-order valence-electron chi connectivity index (χ4n) is 3.06. The van der Waals surface area contributed by atoms with Gasteiger partial charge in [-0.1, -0.05) is 29.6 Å². The van der Waals surface area contributed by atoms with E-state index in [0.717, 1.165) is 0 Å². The van der Waals surface area contributed by atoms with E-state index in [-0.39, 0.29) is 24.0 Å². The third-order valence-corrected chi connectivity index (χ3v) is 7.72. The molecule has 0 aliphatic heterocycles. The Balaban J connectivity index is 1.78. The smallest absolute Gasteiger partial charge is 0.348 e. The standard InChI is InChI=1S/C20H24FN5O3S3/c1-4-25(5-2)15(27)11-31-20-24-23-19(26(20)22)30-10-12-16-13(21)8-7-9-14(16)32-17(12)18(28)29-6-3/h7-9H,4-6,10-11,22H2,1-3H3. The van der Waals surface area contributed by atoms with E-state index in [1.54, 1.807) is 24.0 Å². The van der Waals surface area contributed by atoms with Gasteiger partial charge in [0, 0.05) is 28.9 Å². The number of amides is 1. The van der Waals surface area contributed by atoms with Crippen molar-refractivity contribution in [2.45, 2.75) is 36.8 Å². The molecule has 172 valence electrons. The highest BCUT2D eigenvalue weighted by Crippen LogP contribution is 2.37. The minimum Gasteiger partial charge on any atom is -0.462 e. The summed E-state index contributed by atoms with van der Waals surface area (Å²) in [6, 6.07) is 4.75. The van der Waals surface area contributed by atoms with Crippen LogP contribution in [0, 0.1) is 5.82 Å². The predicted octanol–water partition coefficient (Wildman–Crippen LogP) is 3.78. The summed E-state index contributed by atoms with van der Waals surface area (Å²) in [7, 11) is 0. The van der Waals surface area contributed by atoms with Crippen molar-refractivity contribution < 1.29 is 18.7 Å². The normalized spacial score (nSPS) is 11.1. The maximum absolute atomic E-state index is 14.6. The van der Waals surface area contributed by atoms with E-state index in [2.05, 4.69) is 10.2 Å². The molecule has 2 heterocycles. The maximum atomic E-state index is 14.6. The number of hydrogen-bond donors (Lipinski definition) is 1. The van der Waals surface area contributed by atoms with Gasteiger partial charge >= 0.3 is 5.97 Å². The summed E-state index contributed by atoms with van der Waals surface area (Å²) in [6.45, 7) is 7.08. The quantitative estimate of drug-likeness (QED) is 0.256. The van der Waals surface area contributed by atoms with Crippen LogP contribution in [0.4, 0.5) is 4.39 Å². The van der Waals surface area contributed by atoms with E-state index < -0.39 is 11.8 Å². The first-order valence-corrected chi connectivity index (χ1v) is 12.8. The molecule has 1 amide bonds. The fraction of sp³-hybridized carbons (Fsp3) is 0.400. The van der Waals surface area contributed by atoms with E-state index in [1.165, 1.54) is 45.6 Å². The average molecular weight is 498 g/mol. The lowest BCUT2D eigenvalue weighted by Crippen LogP contribution is -2.32. The van der Waals surface area contributed by atoms with E-state index in [4.69, 9.17) is 10.6 Å². The molecule has 0 saturated carbocycles. The fourth-order valence-corrected chi connectivity index (χ4v) is 5.98. The second-order valence-electron chi connectivity index (χ2n) is 6.52. The molecule has 12 heteroatoms. The molecule has 0 atom stereocenters. The lowest BCUT2D eigenvalue weighted by Gasteiger charge is -2.17. The molecule has 3 rings (SSSR count). The van der Waals surface area contributed by atoms with Gasteiger partial charge in [-0.05, 0) is 38.5 Å². The largest absolute Gasteiger partial charge is 0.462 e. The van der Waals surface area contributed by atoms with Crippen LogP contribution in [0.3, 0.4) is 0 Å². The van der Waals surface area contributed by atoms with Crippen molar-refractivity contribution in [3.8, 4) is 0 Å². The molecule has 1 aromatic carbocycles. The molecule has 0 unspecified atom stereocenters. The molecule has 0 fully saturated rings. The molecule has 32 heavy (non-hydrogen) atoms. The lowest BCUT2D eigenvalue weighted by atomic mass is 10.1. The number of nitrogens with two attached hydrogens (primary N) is 1. The lowest BCUT2D eigenvalue weighted by molar-refractivity contribution is -0.127. The minimum atomic E-state index is -0.482. The summed E-state index contributed by atoms with van der Waals surface area (Å²) in [5, 5.41) is 9.35. The number of fused-ring (bicyclic) bond motifs is 1. The summed E-state index contributed by atoms with van der Waals surface area (Å²) in [6.07, 6.45) is 0. The number of carbonyl (C=O) groups excluding carboxylic acids is 2. The Morgan fingerprint density at radius 2 is 1.88 bits per heavy atom. The summed E-state index contributed by atoms with van der Waals surface area (Å²) >= 11 is 3.64. The highest BCUT2D eigenvalue weighted by molar-refractivity contribution is 8.00. The SMILES string of the molecule is CCOC(=O)c1sc2cccc(F)c2c1CSc1nnc(SCC(=O)N(CC)CC)n1N. The van der Waals surface area contributed by atoms with Crippen molar-refractivity contribution in [2.24, 2.45) is 0 Å². The Labute approximate surface area is 197 Å². The molecular weight excluding hydrogens is 473 g/mol. The number of rotatable bonds is 10. The molecule has 0 aliphatic carbocycles. The Bertz CT molecular complexity index is 1110. The number of hydrogen-bond acceptors (Lipinski definition) is 9. The number of halogens is 1. The van der Waals surface area contributed by atoms with Crippen molar-refractivity contribution in [1.82, 2.24) is 19.8 Å². The summed E-state index contributed by atoms with van der Waals surface area (Å²) in [5.41, 5.74) is 0.542. The topological polar surface area (TPSA) is 103 Å². The van der Waals surface area contributed by atoms with Crippen molar-refractivity contribution in [3.05, 3.63) is 34.5 Å². The minimum absolute atomic E-state index is 0.00324. The van der Waals surface area contributed by atoms with Gasteiger partial charge in [0.15, 0.2) is 0 Å². The van der Waals surface area contributed by atoms with E-state index in [0.29, 0.717) is 43.9 Å². The molecule has 2 N–H and O–H groups in total. The molecule has 0 aliphatic rings. The summed E-state index contributed by atoms with van der Waals surface area (Å²) < 4.78 is 21.7. The second kappa shape index (κ2) is 11.0. The van der Waals surface area contributed by atoms with Crippen molar-refractivity contribution in [1.29, 1.82) is 0 Å². The number of carbonyl (C=O) groups is 2. The third-order valence-electron chi connectivity index (χ3n) is 4.64. The molecule has 3 aromatic rings. The number of nitrogens with zero attached hydrogens (tertiary/aromatic N) is 4. The zero-order valence-electron chi connectivity index (χ0n) is 18.0. The summed E-state index contributed by atoms with van der Waals surface area (Å²) in [4.78, 5) is 26.7.